The van der Waals surface area contributed by atoms with Crippen LogP contribution in [0, 0.1) is 0 Å². The molecule has 5 N–H and O–H groups in total. The molecule has 0 aromatic heterocycles. The van der Waals surface area contributed by atoms with Crippen LogP contribution in [-0.4, -0.2) is 74.9 Å². The Labute approximate surface area is 131 Å². The minimum Gasteiger partial charge on any atom is -0.394 e. The lowest BCUT2D eigenvalue weighted by molar-refractivity contribution is -0.205. The first-order chi connectivity index (χ1) is 10.2. The van der Waals surface area contributed by atoms with Crippen LogP contribution in [0.25, 0.3) is 0 Å². The number of hydrogen-bond donors (Lipinski definition) is 5. The fourth-order valence-electron chi connectivity index (χ4n) is 1.62. The van der Waals surface area contributed by atoms with Crippen molar-refractivity contribution in [3.63, 3.8) is 0 Å². The van der Waals surface area contributed by atoms with E-state index in [1.54, 1.807) is 0 Å². The molecule has 0 aliphatic carbocycles. The second-order valence-electron chi connectivity index (χ2n) is 4.30. The van der Waals surface area contributed by atoms with Crippen molar-refractivity contribution in [2.24, 2.45) is 5.16 Å². The number of nitrogens with zero attached hydrogens (tertiary/aromatic N) is 1. The Morgan fingerprint density at radius 1 is 1.32 bits per heavy atom. The highest BCUT2D eigenvalue weighted by molar-refractivity contribution is 8.14. The highest BCUT2D eigenvalue weighted by Crippen LogP contribution is 2.30. The van der Waals surface area contributed by atoms with Crippen LogP contribution in [0.4, 0.5) is 0 Å². The van der Waals surface area contributed by atoms with Gasteiger partial charge in [0.25, 0.3) is 0 Å². The third kappa shape index (κ3) is 5.48. The maximum Gasteiger partial charge on any atom is 0.466 e. The van der Waals surface area contributed by atoms with Gasteiger partial charge < -0.3 is 25.2 Å². The van der Waals surface area contributed by atoms with E-state index in [0.29, 0.717) is 11.8 Å². The summed E-state index contributed by atoms with van der Waals surface area (Å²) in [6.07, 6.45) is -4.34. The van der Waals surface area contributed by atoms with Gasteiger partial charge in [0, 0.05) is 6.42 Å². The Morgan fingerprint density at radius 3 is 2.45 bits per heavy atom. The normalized spacial score (nSPS) is 33.5. The molecule has 0 aromatic rings. The Kier molecular flexibility index (Phi) is 7.21. The molecule has 0 aromatic carbocycles. The minimum atomic E-state index is -4.79. The smallest absolute Gasteiger partial charge is 0.394 e. The van der Waals surface area contributed by atoms with E-state index in [0.717, 1.165) is 0 Å². The van der Waals surface area contributed by atoms with Gasteiger partial charge in [-0.2, -0.15) is 8.42 Å². The molecule has 0 bridgehead atoms. The summed E-state index contributed by atoms with van der Waals surface area (Å²) in [5.74, 6) is 0. The molecule has 0 amide bonds. The first-order valence-corrected chi connectivity index (χ1v) is 8.25. The monoisotopic (exact) mass is 359 g/mol. The van der Waals surface area contributed by atoms with Crippen molar-refractivity contribution >= 4 is 27.2 Å². The molecule has 1 rings (SSSR count). The van der Waals surface area contributed by atoms with Crippen LogP contribution in [0.15, 0.2) is 17.8 Å². The molecule has 0 radical (unpaired) electrons. The summed E-state index contributed by atoms with van der Waals surface area (Å²) in [5.41, 5.74) is -1.15. The van der Waals surface area contributed by atoms with Crippen LogP contribution in [0.5, 0.6) is 0 Å². The Balaban J connectivity index is 2.85. The summed E-state index contributed by atoms with van der Waals surface area (Å²) < 4.78 is 38.5. The summed E-state index contributed by atoms with van der Waals surface area (Å²) in [6, 6.07) is 0. The fraction of sp³-hybridized carbons (Fsp3) is 0.700. The predicted molar refractivity (Wildman–Crippen MR) is 76.2 cm³/mol. The molecule has 10 nitrogen and oxygen atoms in total. The lowest BCUT2D eigenvalue weighted by Crippen LogP contribution is -2.57. The number of oxime groups is 1. The zero-order valence-corrected chi connectivity index (χ0v) is 12.9. The van der Waals surface area contributed by atoms with Crippen LogP contribution in [-0.2, 0) is 19.4 Å². The minimum absolute atomic E-state index is 0.0230. The molecular formula is C10H17NO9S2. The van der Waals surface area contributed by atoms with E-state index in [-0.39, 0.29) is 11.5 Å². The summed E-state index contributed by atoms with van der Waals surface area (Å²) >= 11 is 0.688. The molecule has 3 unspecified atom stereocenters. The maximum atomic E-state index is 10.5. The van der Waals surface area contributed by atoms with Crippen LogP contribution >= 0.6 is 11.8 Å². The Bertz CT molecular complexity index is 507. The molecule has 12 heteroatoms. The van der Waals surface area contributed by atoms with E-state index >= 15 is 0 Å². The highest BCUT2D eigenvalue weighted by atomic mass is 32.3. The lowest BCUT2D eigenvalue weighted by Gasteiger charge is -2.39. The number of hydrogen-bond acceptors (Lipinski definition) is 10. The van der Waals surface area contributed by atoms with Crippen LogP contribution in [0.2, 0.25) is 0 Å². The van der Waals surface area contributed by atoms with Gasteiger partial charge in [0.05, 0.1) is 6.61 Å². The van der Waals surface area contributed by atoms with Gasteiger partial charge in [0.2, 0.25) is 0 Å². The average Bonchev–Trinajstić information content (AvgIpc) is 2.44. The largest absolute Gasteiger partial charge is 0.466 e. The van der Waals surface area contributed by atoms with Crippen LogP contribution in [0.1, 0.15) is 6.42 Å². The number of thioether (sulfide) groups is 1. The van der Waals surface area contributed by atoms with Crippen molar-refractivity contribution in [3.8, 4) is 0 Å². The zero-order valence-electron chi connectivity index (χ0n) is 11.2. The number of allylic oxidation sites excluding steroid dienone is 1. The number of aliphatic hydroxyl groups excluding tert-OH is 4. The van der Waals surface area contributed by atoms with Gasteiger partial charge in [-0.15, -0.1) is 6.58 Å². The van der Waals surface area contributed by atoms with Crippen LogP contribution < -0.4 is 0 Å². The number of rotatable bonds is 6. The van der Waals surface area contributed by atoms with Gasteiger partial charge in [-0.05, 0) is 0 Å². The van der Waals surface area contributed by atoms with Crippen molar-refractivity contribution in [1.29, 1.82) is 0 Å². The molecule has 0 spiro atoms. The van der Waals surface area contributed by atoms with Gasteiger partial charge >= 0.3 is 10.4 Å². The summed E-state index contributed by atoms with van der Waals surface area (Å²) in [7, 11) is -4.79. The number of ether oxygens (including phenoxy) is 1. The third-order valence-electron chi connectivity index (χ3n) is 2.65. The lowest BCUT2D eigenvalue weighted by atomic mass is 10.0. The van der Waals surface area contributed by atoms with Gasteiger partial charge in [-0.25, -0.2) is 4.28 Å². The van der Waals surface area contributed by atoms with E-state index in [4.69, 9.17) is 14.4 Å². The molecule has 1 aliphatic rings. The Morgan fingerprint density at radius 2 is 1.95 bits per heavy atom. The standard InChI is InChI=1S/C10H17NO9S2/c1-2-3-6(11-20-22(16,17)18)21-10-9(15)8(14)7(13)5(4-12)19-10/h2,5,7-10,12-15H,1,3-4H2,(H,16,17,18)/b11-6-/t5?,7-,8?,9?,10+/m1/s1. The van der Waals surface area contributed by atoms with Crippen molar-refractivity contribution < 1.29 is 42.4 Å². The molecular weight excluding hydrogens is 342 g/mol. The topological polar surface area (TPSA) is 166 Å². The van der Waals surface area contributed by atoms with E-state index in [1.807, 2.05) is 0 Å². The average molecular weight is 359 g/mol. The first kappa shape index (κ1) is 19.3. The van der Waals surface area contributed by atoms with E-state index < -0.39 is 46.9 Å². The molecule has 1 fully saturated rings. The molecule has 1 heterocycles. The summed E-state index contributed by atoms with van der Waals surface area (Å²) in [5, 5.41) is 41.3. The van der Waals surface area contributed by atoms with Crippen LogP contribution in [0.3, 0.4) is 0 Å². The fourth-order valence-corrected chi connectivity index (χ4v) is 2.91. The second kappa shape index (κ2) is 8.21. The van der Waals surface area contributed by atoms with Crippen molar-refractivity contribution in [2.45, 2.75) is 36.3 Å². The molecule has 0 saturated carbocycles. The van der Waals surface area contributed by atoms with E-state index in [1.165, 1.54) is 6.08 Å². The van der Waals surface area contributed by atoms with Crippen molar-refractivity contribution in [1.82, 2.24) is 0 Å². The van der Waals surface area contributed by atoms with Gasteiger partial charge in [-0.3, -0.25) is 4.55 Å². The van der Waals surface area contributed by atoms with Crippen molar-refractivity contribution in [3.05, 3.63) is 12.7 Å². The van der Waals surface area contributed by atoms with E-state index in [9.17, 15) is 23.7 Å². The van der Waals surface area contributed by atoms with Gasteiger partial charge in [-0.1, -0.05) is 23.0 Å². The molecule has 1 saturated heterocycles. The summed E-state index contributed by atoms with van der Waals surface area (Å²) in [6.45, 7) is 2.82. The van der Waals surface area contributed by atoms with Crippen molar-refractivity contribution in [2.75, 3.05) is 6.61 Å². The molecule has 1 aliphatic heterocycles. The van der Waals surface area contributed by atoms with Gasteiger partial charge in [0.1, 0.15) is 34.9 Å². The highest BCUT2D eigenvalue weighted by Gasteiger charge is 2.44. The van der Waals surface area contributed by atoms with Gasteiger partial charge in [0.15, 0.2) is 0 Å². The first-order valence-electron chi connectivity index (χ1n) is 6.00. The molecule has 22 heavy (non-hydrogen) atoms. The SMILES string of the molecule is C=CC/C(=N/OS(=O)(=O)O)S[C@@H]1OC(CO)[C@@H](O)C(O)C1O. The molecule has 5 atom stereocenters. The third-order valence-corrected chi connectivity index (χ3v) is 4.05. The maximum absolute atomic E-state index is 10.5. The summed E-state index contributed by atoms with van der Waals surface area (Å²) in [4.78, 5) is 0. The zero-order chi connectivity index (χ0) is 16.9. The van der Waals surface area contributed by atoms with E-state index in [2.05, 4.69) is 16.0 Å². The number of aliphatic hydroxyl groups is 4. The second-order valence-corrected chi connectivity index (χ2v) is 6.47. The molecule has 128 valence electrons. The quantitative estimate of drug-likeness (QED) is 0.120. The Hall–Kier alpha value is -0.730. The predicted octanol–water partition coefficient (Wildman–Crippen LogP) is -1.77.